The Morgan fingerprint density at radius 1 is 1.11 bits per heavy atom. The summed E-state index contributed by atoms with van der Waals surface area (Å²) in [7, 11) is 1.44. The van der Waals surface area contributed by atoms with Crippen LogP contribution in [0.3, 0.4) is 0 Å². The molecule has 0 aromatic heterocycles. The van der Waals surface area contributed by atoms with Gasteiger partial charge >= 0.3 is 12.1 Å². The van der Waals surface area contributed by atoms with Crippen LogP contribution in [-0.4, -0.2) is 67.4 Å². The number of carbonyl (C=O) groups excluding carboxylic acids is 2. The largest absolute Gasteiger partial charge is 0.481 e. The second-order valence-electron chi connectivity index (χ2n) is 9.61. The number of amides is 2. The number of benzene rings is 2. The Balaban J connectivity index is 1.28. The first-order valence-corrected chi connectivity index (χ1v) is 11.9. The minimum Gasteiger partial charge on any atom is -0.481 e. The normalized spacial score (nSPS) is 21.8. The van der Waals surface area contributed by atoms with E-state index >= 15 is 0 Å². The van der Waals surface area contributed by atoms with Crippen LogP contribution in [-0.2, 0) is 19.1 Å². The summed E-state index contributed by atoms with van der Waals surface area (Å²) < 4.78 is 10.9. The number of likely N-dealkylation sites (tertiary alicyclic amines) is 1. The first-order valence-electron chi connectivity index (χ1n) is 11.9. The van der Waals surface area contributed by atoms with Crippen LogP contribution in [0.15, 0.2) is 48.5 Å². The third-order valence-corrected chi connectivity index (χ3v) is 7.48. The van der Waals surface area contributed by atoms with E-state index in [1.165, 1.54) is 7.11 Å². The lowest BCUT2D eigenvalue weighted by atomic mass is 9.81. The molecular formula is C27H32N2O6. The maximum absolute atomic E-state index is 12.9. The van der Waals surface area contributed by atoms with E-state index in [-0.39, 0.29) is 43.9 Å². The highest BCUT2D eigenvalue weighted by molar-refractivity contribution is 5.84. The van der Waals surface area contributed by atoms with Gasteiger partial charge in [0.15, 0.2) is 0 Å². The molecule has 2 amide bonds. The minimum atomic E-state index is -0.979. The van der Waals surface area contributed by atoms with Crippen LogP contribution < -0.4 is 5.32 Å². The molecule has 1 aliphatic carbocycles. The van der Waals surface area contributed by atoms with Crippen molar-refractivity contribution in [2.45, 2.75) is 32.3 Å². The molecular weight excluding hydrogens is 448 g/mol. The van der Waals surface area contributed by atoms with Gasteiger partial charge in [-0.25, -0.2) is 4.79 Å². The Morgan fingerprint density at radius 2 is 1.71 bits per heavy atom. The maximum Gasteiger partial charge on any atom is 0.407 e. The van der Waals surface area contributed by atoms with Crippen LogP contribution in [0.4, 0.5) is 4.79 Å². The number of hydrogen-bond donors (Lipinski definition) is 2. The number of fused-ring (bicyclic) bond motifs is 3. The first kappa shape index (κ1) is 24.7. The van der Waals surface area contributed by atoms with Crippen LogP contribution in [0.25, 0.3) is 11.1 Å². The first-order chi connectivity index (χ1) is 16.8. The van der Waals surface area contributed by atoms with Gasteiger partial charge < -0.3 is 24.8 Å². The lowest BCUT2D eigenvalue weighted by molar-refractivity contribution is -0.149. The fourth-order valence-electron chi connectivity index (χ4n) is 5.10. The molecule has 1 heterocycles. The lowest BCUT2D eigenvalue weighted by Crippen LogP contribution is -2.42. The second kappa shape index (κ2) is 10.1. The number of hydrogen-bond acceptors (Lipinski definition) is 5. The molecule has 2 aromatic carbocycles. The summed E-state index contributed by atoms with van der Waals surface area (Å²) in [5, 5.41) is 12.2. The van der Waals surface area contributed by atoms with Gasteiger partial charge in [-0.3, -0.25) is 9.59 Å². The Morgan fingerprint density at radius 3 is 2.26 bits per heavy atom. The summed E-state index contributed by atoms with van der Waals surface area (Å²) >= 11 is 0. The van der Waals surface area contributed by atoms with Crippen molar-refractivity contribution < 1.29 is 29.0 Å². The molecule has 4 rings (SSSR count). The summed E-state index contributed by atoms with van der Waals surface area (Å²) in [6.45, 7) is 4.41. The predicted octanol–water partition coefficient (Wildman–Crippen LogP) is 3.50. The number of alkyl carbamates (subject to hydrolysis) is 1. The maximum atomic E-state index is 12.9. The molecule has 0 bridgehead atoms. The third kappa shape index (κ3) is 4.75. The number of nitrogens with zero attached hydrogens (tertiary/aromatic N) is 1. The third-order valence-electron chi connectivity index (χ3n) is 7.48. The summed E-state index contributed by atoms with van der Waals surface area (Å²) in [6.07, 6.45) is -1.07. The van der Waals surface area contributed by atoms with Gasteiger partial charge in [0.05, 0.1) is 5.41 Å². The molecule has 0 radical (unpaired) electrons. The van der Waals surface area contributed by atoms with Crippen LogP contribution >= 0.6 is 0 Å². The molecule has 0 spiro atoms. The summed E-state index contributed by atoms with van der Waals surface area (Å²) in [6, 6.07) is 16.3. The molecule has 8 heteroatoms. The van der Waals surface area contributed by atoms with Crippen LogP contribution in [0.5, 0.6) is 0 Å². The quantitative estimate of drug-likeness (QED) is 0.599. The van der Waals surface area contributed by atoms with Crippen molar-refractivity contribution in [1.29, 1.82) is 0 Å². The molecule has 1 fully saturated rings. The van der Waals surface area contributed by atoms with Gasteiger partial charge in [0.2, 0.25) is 0 Å². The van der Waals surface area contributed by atoms with Crippen molar-refractivity contribution in [1.82, 2.24) is 10.2 Å². The van der Waals surface area contributed by atoms with E-state index in [1.807, 2.05) is 31.2 Å². The van der Waals surface area contributed by atoms with Crippen LogP contribution in [0.2, 0.25) is 0 Å². The summed E-state index contributed by atoms with van der Waals surface area (Å²) in [5.74, 6) is -1.37. The van der Waals surface area contributed by atoms with E-state index in [2.05, 4.69) is 29.6 Å². The van der Waals surface area contributed by atoms with Gasteiger partial charge in [0.25, 0.3) is 5.91 Å². The van der Waals surface area contributed by atoms with Crippen LogP contribution in [0.1, 0.15) is 37.3 Å². The monoisotopic (exact) mass is 480 g/mol. The molecule has 2 N–H and O–H groups in total. The zero-order chi connectivity index (χ0) is 25.2. The summed E-state index contributed by atoms with van der Waals surface area (Å²) in [5.41, 5.74) is 3.62. The Bertz CT molecular complexity index is 1070. The fourth-order valence-corrected chi connectivity index (χ4v) is 5.10. The molecule has 1 unspecified atom stereocenters. The molecule has 186 valence electrons. The highest BCUT2D eigenvalue weighted by Crippen LogP contribution is 2.44. The van der Waals surface area contributed by atoms with Crippen molar-refractivity contribution in [3.8, 4) is 11.1 Å². The van der Waals surface area contributed by atoms with Gasteiger partial charge in [-0.2, -0.15) is 0 Å². The average molecular weight is 481 g/mol. The lowest BCUT2D eigenvalue weighted by Gasteiger charge is -2.24. The average Bonchev–Trinajstić information content (AvgIpc) is 3.35. The predicted molar refractivity (Wildman–Crippen MR) is 130 cm³/mol. The Labute approximate surface area is 205 Å². The van der Waals surface area contributed by atoms with E-state index < -0.39 is 23.6 Å². The highest BCUT2D eigenvalue weighted by Gasteiger charge is 2.48. The van der Waals surface area contributed by atoms with Gasteiger partial charge in [-0.05, 0) is 35.1 Å². The number of carboxylic acid groups (broad SMARTS) is 1. The van der Waals surface area contributed by atoms with Crippen molar-refractivity contribution in [2.75, 3.05) is 33.4 Å². The Kier molecular flexibility index (Phi) is 7.12. The molecule has 2 aliphatic rings. The topological polar surface area (TPSA) is 105 Å². The molecule has 35 heavy (non-hydrogen) atoms. The minimum absolute atomic E-state index is 0.0258. The number of aliphatic carboxylic acids is 1. The fraction of sp³-hybridized carbons (Fsp3) is 0.444. The van der Waals surface area contributed by atoms with Gasteiger partial charge in [-0.1, -0.05) is 55.5 Å². The van der Waals surface area contributed by atoms with E-state index in [9.17, 15) is 19.5 Å². The number of carboxylic acids is 1. The van der Waals surface area contributed by atoms with E-state index in [1.54, 1.807) is 11.8 Å². The summed E-state index contributed by atoms with van der Waals surface area (Å²) in [4.78, 5) is 38.5. The SMILES string of the molecule is COC(CCNC(=O)OCC1c2ccccc2-c2ccccc21)C(=O)N1C[C@H](C)[C@@](C)(C(=O)O)C1. The van der Waals surface area contributed by atoms with Gasteiger partial charge in [0.1, 0.15) is 12.7 Å². The second-order valence-corrected chi connectivity index (χ2v) is 9.61. The highest BCUT2D eigenvalue weighted by atomic mass is 16.5. The smallest absolute Gasteiger partial charge is 0.407 e. The molecule has 8 nitrogen and oxygen atoms in total. The van der Waals surface area contributed by atoms with Crippen molar-refractivity contribution in [3.63, 3.8) is 0 Å². The number of nitrogens with one attached hydrogen (secondary N) is 1. The zero-order valence-corrected chi connectivity index (χ0v) is 20.3. The molecule has 0 saturated carbocycles. The molecule has 1 saturated heterocycles. The van der Waals surface area contributed by atoms with E-state index in [0.717, 1.165) is 22.3 Å². The van der Waals surface area contributed by atoms with Crippen molar-refractivity contribution in [3.05, 3.63) is 59.7 Å². The van der Waals surface area contributed by atoms with Gasteiger partial charge in [-0.15, -0.1) is 0 Å². The molecule has 2 aromatic rings. The zero-order valence-electron chi connectivity index (χ0n) is 20.3. The van der Waals surface area contributed by atoms with Crippen molar-refractivity contribution in [2.24, 2.45) is 11.3 Å². The standard InChI is InChI=1S/C27H32N2O6/c1-17-14-29(16-27(17,2)25(31)32)24(30)23(34-3)12-13-28-26(33)35-15-22-20-10-6-4-8-18(20)19-9-5-7-11-21(19)22/h4-11,17,22-23H,12-16H2,1-3H3,(H,28,33)(H,31,32)/t17-,23?,27-/m0/s1. The number of rotatable bonds is 8. The van der Waals surface area contributed by atoms with Crippen molar-refractivity contribution >= 4 is 18.0 Å². The van der Waals surface area contributed by atoms with Gasteiger partial charge in [0, 0.05) is 39.1 Å². The number of ether oxygens (including phenoxy) is 2. The van der Waals surface area contributed by atoms with E-state index in [0.29, 0.717) is 6.54 Å². The van der Waals surface area contributed by atoms with Crippen LogP contribution in [0, 0.1) is 11.3 Å². The number of carbonyl (C=O) groups is 3. The number of methoxy groups -OCH3 is 1. The molecule has 3 atom stereocenters. The molecule has 1 aliphatic heterocycles. The Hall–Kier alpha value is -3.39. The van der Waals surface area contributed by atoms with E-state index in [4.69, 9.17) is 9.47 Å².